The number of para-hydroxylation sites is 1. The lowest BCUT2D eigenvalue weighted by Gasteiger charge is -2.10. The number of carbonyl (C=O) groups excluding carboxylic acids is 2. The minimum absolute atomic E-state index is 0.0329. The Labute approximate surface area is 198 Å². The molecule has 7 nitrogen and oxygen atoms in total. The molecule has 0 spiro atoms. The van der Waals surface area contributed by atoms with Crippen molar-refractivity contribution >= 4 is 50.7 Å². The maximum absolute atomic E-state index is 13.3. The maximum Gasteiger partial charge on any atom is 0.359 e. The molecule has 4 rings (SSSR count). The van der Waals surface area contributed by atoms with Gasteiger partial charge >= 0.3 is 5.97 Å². The van der Waals surface area contributed by atoms with Crippen LogP contribution >= 0.6 is 23.1 Å². The van der Waals surface area contributed by atoms with Crippen LogP contribution in [-0.4, -0.2) is 34.0 Å². The SMILES string of the molecule is CCOC(=O)c1nn(-c2ccccc2)c(=O)c2c(NC(=O)CSCc3ccccc3)scc12. The van der Waals surface area contributed by atoms with Gasteiger partial charge in [0.2, 0.25) is 5.91 Å². The Kier molecular flexibility index (Phi) is 7.21. The second-order valence-electron chi connectivity index (χ2n) is 7.00. The fourth-order valence-corrected chi connectivity index (χ4v) is 4.98. The number of nitrogens with zero attached hydrogens (tertiary/aromatic N) is 2. The van der Waals surface area contributed by atoms with Gasteiger partial charge in [0.25, 0.3) is 5.56 Å². The Balaban J connectivity index is 1.65. The zero-order chi connectivity index (χ0) is 23.2. The van der Waals surface area contributed by atoms with Crippen molar-refractivity contribution in [2.24, 2.45) is 0 Å². The summed E-state index contributed by atoms with van der Waals surface area (Å²) in [5, 5.41) is 9.76. The number of nitrogens with one attached hydrogen (secondary N) is 1. The number of thioether (sulfide) groups is 1. The Morgan fingerprint density at radius 1 is 1.09 bits per heavy atom. The average molecular weight is 480 g/mol. The predicted molar refractivity (Wildman–Crippen MR) is 132 cm³/mol. The number of aromatic nitrogens is 2. The van der Waals surface area contributed by atoms with E-state index in [2.05, 4.69) is 10.4 Å². The first-order valence-electron chi connectivity index (χ1n) is 10.3. The molecule has 0 atom stereocenters. The number of rotatable bonds is 8. The first kappa shape index (κ1) is 22.8. The fraction of sp³-hybridized carbons (Fsp3) is 0.167. The molecule has 0 aliphatic heterocycles. The van der Waals surface area contributed by atoms with E-state index in [1.165, 1.54) is 27.8 Å². The summed E-state index contributed by atoms with van der Waals surface area (Å²) in [4.78, 5) is 38.5. The summed E-state index contributed by atoms with van der Waals surface area (Å²) in [6.07, 6.45) is 0. The molecule has 2 heterocycles. The van der Waals surface area contributed by atoms with Crippen molar-refractivity contribution in [3.8, 4) is 5.69 Å². The van der Waals surface area contributed by atoms with E-state index in [0.29, 0.717) is 21.8 Å². The molecule has 4 aromatic rings. The Morgan fingerprint density at radius 3 is 2.48 bits per heavy atom. The van der Waals surface area contributed by atoms with Gasteiger partial charge in [-0.25, -0.2) is 4.79 Å². The van der Waals surface area contributed by atoms with E-state index >= 15 is 0 Å². The molecule has 0 fully saturated rings. The maximum atomic E-state index is 13.3. The zero-order valence-corrected chi connectivity index (χ0v) is 19.4. The number of amides is 1. The molecule has 0 saturated heterocycles. The number of esters is 1. The van der Waals surface area contributed by atoms with Crippen molar-refractivity contribution in [2.45, 2.75) is 12.7 Å². The highest BCUT2D eigenvalue weighted by Crippen LogP contribution is 2.31. The number of benzene rings is 2. The summed E-state index contributed by atoms with van der Waals surface area (Å²) >= 11 is 2.67. The summed E-state index contributed by atoms with van der Waals surface area (Å²) in [6, 6.07) is 18.7. The van der Waals surface area contributed by atoms with E-state index in [9.17, 15) is 14.4 Å². The molecule has 9 heteroatoms. The molecule has 1 amide bonds. The molecule has 33 heavy (non-hydrogen) atoms. The van der Waals surface area contributed by atoms with Crippen LogP contribution in [-0.2, 0) is 15.3 Å². The molecule has 0 bridgehead atoms. The van der Waals surface area contributed by atoms with Gasteiger partial charge in [-0.05, 0) is 24.6 Å². The van der Waals surface area contributed by atoms with Gasteiger partial charge in [0.15, 0.2) is 5.69 Å². The van der Waals surface area contributed by atoms with E-state index < -0.39 is 11.5 Å². The quantitative estimate of drug-likeness (QED) is 0.374. The van der Waals surface area contributed by atoms with Crippen LogP contribution in [0.5, 0.6) is 0 Å². The molecule has 0 aliphatic carbocycles. The molecule has 168 valence electrons. The number of fused-ring (bicyclic) bond motifs is 1. The van der Waals surface area contributed by atoms with Crippen molar-refractivity contribution in [1.82, 2.24) is 9.78 Å². The lowest BCUT2D eigenvalue weighted by Crippen LogP contribution is -2.25. The van der Waals surface area contributed by atoms with Crippen molar-refractivity contribution < 1.29 is 14.3 Å². The van der Waals surface area contributed by atoms with Crippen molar-refractivity contribution in [2.75, 3.05) is 17.7 Å². The van der Waals surface area contributed by atoms with Crippen molar-refractivity contribution in [3.63, 3.8) is 0 Å². The van der Waals surface area contributed by atoms with Crippen LogP contribution in [0.15, 0.2) is 70.8 Å². The van der Waals surface area contributed by atoms with E-state index in [4.69, 9.17) is 4.74 Å². The molecule has 0 unspecified atom stereocenters. The Hall–Kier alpha value is -3.43. The van der Waals surface area contributed by atoms with Gasteiger partial charge in [-0.3, -0.25) is 9.59 Å². The molecular formula is C24H21N3O4S2. The molecule has 0 radical (unpaired) electrons. The topological polar surface area (TPSA) is 90.3 Å². The molecule has 2 aromatic heterocycles. The number of thiophene rings is 1. The molecular weight excluding hydrogens is 458 g/mol. The number of anilines is 1. The Morgan fingerprint density at radius 2 is 1.79 bits per heavy atom. The smallest absolute Gasteiger partial charge is 0.359 e. The molecule has 2 aromatic carbocycles. The average Bonchev–Trinajstić information content (AvgIpc) is 3.24. The summed E-state index contributed by atoms with van der Waals surface area (Å²) < 4.78 is 6.32. The van der Waals surface area contributed by atoms with Crippen LogP contribution in [0.4, 0.5) is 5.00 Å². The lowest BCUT2D eigenvalue weighted by atomic mass is 10.2. The van der Waals surface area contributed by atoms with E-state index in [1.807, 2.05) is 36.4 Å². The third kappa shape index (κ3) is 5.15. The van der Waals surface area contributed by atoms with Gasteiger partial charge < -0.3 is 10.1 Å². The third-order valence-corrected chi connectivity index (χ3v) is 6.62. The summed E-state index contributed by atoms with van der Waals surface area (Å²) in [7, 11) is 0. The van der Waals surface area contributed by atoms with E-state index in [0.717, 1.165) is 5.56 Å². The summed E-state index contributed by atoms with van der Waals surface area (Å²) in [5.74, 6) is 0.0925. The van der Waals surface area contributed by atoms with Gasteiger partial charge in [-0.15, -0.1) is 23.1 Å². The highest BCUT2D eigenvalue weighted by molar-refractivity contribution is 7.99. The van der Waals surface area contributed by atoms with E-state index in [1.54, 1.807) is 36.6 Å². The third-order valence-electron chi connectivity index (χ3n) is 4.72. The van der Waals surface area contributed by atoms with E-state index in [-0.39, 0.29) is 29.3 Å². The first-order chi connectivity index (χ1) is 16.1. The van der Waals surface area contributed by atoms with Crippen molar-refractivity contribution in [3.05, 3.63) is 87.7 Å². The van der Waals surface area contributed by atoms with Crippen LogP contribution in [0.2, 0.25) is 0 Å². The minimum Gasteiger partial charge on any atom is -0.461 e. The highest BCUT2D eigenvalue weighted by atomic mass is 32.2. The number of hydrogen-bond donors (Lipinski definition) is 1. The van der Waals surface area contributed by atoms with Crippen LogP contribution in [0, 0.1) is 0 Å². The zero-order valence-electron chi connectivity index (χ0n) is 17.8. The van der Waals surface area contributed by atoms with Gasteiger partial charge in [-0.1, -0.05) is 48.5 Å². The molecule has 0 aliphatic rings. The predicted octanol–water partition coefficient (Wildman–Crippen LogP) is 4.50. The van der Waals surface area contributed by atoms with Crippen molar-refractivity contribution in [1.29, 1.82) is 0 Å². The second kappa shape index (κ2) is 10.5. The largest absolute Gasteiger partial charge is 0.461 e. The van der Waals surface area contributed by atoms with Crippen LogP contribution in [0.3, 0.4) is 0 Å². The Bertz CT molecular complexity index is 1330. The molecule has 1 N–H and O–H groups in total. The normalized spacial score (nSPS) is 10.8. The lowest BCUT2D eigenvalue weighted by molar-refractivity contribution is -0.113. The monoisotopic (exact) mass is 479 g/mol. The first-order valence-corrected chi connectivity index (χ1v) is 12.3. The highest BCUT2D eigenvalue weighted by Gasteiger charge is 2.23. The number of ether oxygens (including phenoxy) is 1. The summed E-state index contributed by atoms with van der Waals surface area (Å²) in [5.41, 5.74) is 1.26. The molecule has 0 saturated carbocycles. The van der Waals surface area contributed by atoms with Gasteiger partial charge in [0.05, 0.1) is 23.4 Å². The fourth-order valence-electron chi connectivity index (χ4n) is 3.23. The standard InChI is InChI=1S/C24H21N3O4S2/c1-2-31-24(30)21-18-14-33-22(25-19(28)15-32-13-16-9-5-3-6-10-16)20(18)23(29)27(26-21)17-11-7-4-8-12-17/h3-12,14H,2,13,15H2,1H3,(H,25,28). The van der Waals surface area contributed by atoms with Gasteiger partial charge in [0.1, 0.15) is 5.00 Å². The number of carbonyl (C=O) groups is 2. The van der Waals surface area contributed by atoms with Gasteiger partial charge in [-0.2, -0.15) is 9.78 Å². The number of hydrogen-bond acceptors (Lipinski definition) is 7. The van der Waals surface area contributed by atoms with Crippen LogP contribution in [0.25, 0.3) is 16.5 Å². The van der Waals surface area contributed by atoms with Crippen LogP contribution < -0.4 is 10.9 Å². The minimum atomic E-state index is -0.624. The second-order valence-corrected chi connectivity index (χ2v) is 8.87. The van der Waals surface area contributed by atoms with Gasteiger partial charge in [0, 0.05) is 16.5 Å². The summed E-state index contributed by atoms with van der Waals surface area (Å²) in [6.45, 7) is 1.88. The van der Waals surface area contributed by atoms with Crippen LogP contribution in [0.1, 0.15) is 23.0 Å².